The molecular weight excluding hydrogens is 282 g/mol. The van der Waals surface area contributed by atoms with Crippen LogP contribution < -0.4 is 0 Å². The Hall–Kier alpha value is -2.13. The van der Waals surface area contributed by atoms with E-state index >= 15 is 0 Å². The second-order valence-corrected chi connectivity index (χ2v) is 6.72. The molecule has 1 N–H and O–H groups in total. The average Bonchev–Trinajstić information content (AvgIpc) is 3.13. The van der Waals surface area contributed by atoms with Gasteiger partial charge in [0.25, 0.3) is 0 Å². The lowest BCUT2D eigenvalue weighted by Gasteiger charge is -2.19. The fourth-order valence-corrected chi connectivity index (χ4v) is 3.78. The van der Waals surface area contributed by atoms with Gasteiger partial charge in [0.05, 0.1) is 11.4 Å². The minimum absolute atomic E-state index is 0.636. The molecule has 2 aromatic heterocycles. The summed E-state index contributed by atoms with van der Waals surface area (Å²) in [6, 6.07) is 13.4. The number of hydrogen-bond donors (Lipinski definition) is 1. The van der Waals surface area contributed by atoms with Crippen LogP contribution in [0.25, 0.3) is 22.3 Å². The highest BCUT2D eigenvalue weighted by molar-refractivity contribution is 5.90. The minimum atomic E-state index is 0.636. The van der Waals surface area contributed by atoms with Crippen molar-refractivity contribution in [2.45, 2.75) is 32.2 Å². The molecule has 1 fully saturated rings. The molecule has 0 unspecified atom stereocenters. The summed E-state index contributed by atoms with van der Waals surface area (Å²) in [7, 11) is 2.25. The molecule has 0 amide bonds. The number of aromatic nitrogens is 2. The number of likely N-dealkylation sites (N-methyl/N-ethyl adjacent to an activating group) is 1. The van der Waals surface area contributed by atoms with Crippen LogP contribution in [0.15, 0.2) is 42.6 Å². The van der Waals surface area contributed by atoms with E-state index in [0.29, 0.717) is 6.04 Å². The Labute approximate surface area is 137 Å². The molecule has 1 aliphatic rings. The lowest BCUT2D eigenvalue weighted by atomic mass is 9.98. The highest BCUT2D eigenvalue weighted by Crippen LogP contribution is 2.33. The van der Waals surface area contributed by atoms with Crippen molar-refractivity contribution in [3.8, 4) is 11.4 Å². The third kappa shape index (κ3) is 2.66. The minimum Gasteiger partial charge on any atom is -0.353 e. The van der Waals surface area contributed by atoms with Gasteiger partial charge in [-0.3, -0.25) is 4.98 Å². The van der Waals surface area contributed by atoms with E-state index in [-0.39, 0.29) is 0 Å². The Morgan fingerprint density at radius 1 is 1.26 bits per heavy atom. The van der Waals surface area contributed by atoms with Crippen LogP contribution in [0.1, 0.15) is 24.0 Å². The van der Waals surface area contributed by atoms with E-state index in [1.807, 2.05) is 12.3 Å². The molecule has 0 saturated carbocycles. The van der Waals surface area contributed by atoms with Crippen LogP contribution >= 0.6 is 0 Å². The molecule has 3 heterocycles. The van der Waals surface area contributed by atoms with Gasteiger partial charge in [-0.05, 0) is 69.6 Å². The standard InChI is InChI=1S/C20H23N3/c1-14-8-9-18-16(12-14)17(13-15-6-5-11-23(15)2)20(22-18)19-7-3-4-10-21-19/h3-4,7-10,12,15,22H,5-6,11,13H2,1-2H3/t15-/m1/s1. The van der Waals surface area contributed by atoms with Crippen molar-refractivity contribution in [2.24, 2.45) is 0 Å². The van der Waals surface area contributed by atoms with Crippen molar-refractivity contribution in [1.29, 1.82) is 0 Å². The first kappa shape index (κ1) is 14.5. The molecule has 4 rings (SSSR count). The third-order valence-corrected chi connectivity index (χ3v) is 5.09. The molecule has 1 aromatic carbocycles. The molecular formula is C20H23N3. The van der Waals surface area contributed by atoms with Gasteiger partial charge < -0.3 is 9.88 Å². The molecule has 1 aliphatic heterocycles. The van der Waals surface area contributed by atoms with Crippen LogP contribution in [-0.2, 0) is 6.42 Å². The maximum atomic E-state index is 4.58. The predicted octanol–water partition coefficient (Wildman–Crippen LogP) is 4.18. The fourth-order valence-electron chi connectivity index (χ4n) is 3.78. The SMILES string of the molecule is Cc1ccc2[nH]c(-c3ccccn3)c(C[C@H]3CCCN3C)c2c1. The number of H-pyrrole nitrogens is 1. The smallest absolute Gasteiger partial charge is 0.0867 e. The van der Waals surface area contributed by atoms with Crippen molar-refractivity contribution >= 4 is 10.9 Å². The van der Waals surface area contributed by atoms with Gasteiger partial charge >= 0.3 is 0 Å². The molecule has 3 heteroatoms. The Kier molecular flexibility index (Phi) is 3.66. The Morgan fingerprint density at radius 2 is 2.17 bits per heavy atom. The van der Waals surface area contributed by atoms with Crippen LogP contribution in [0.3, 0.4) is 0 Å². The first-order valence-electron chi connectivity index (χ1n) is 8.45. The first-order valence-corrected chi connectivity index (χ1v) is 8.45. The van der Waals surface area contributed by atoms with Crippen molar-refractivity contribution < 1.29 is 0 Å². The zero-order valence-electron chi connectivity index (χ0n) is 13.8. The van der Waals surface area contributed by atoms with Gasteiger partial charge in [0, 0.05) is 23.1 Å². The maximum Gasteiger partial charge on any atom is 0.0867 e. The topological polar surface area (TPSA) is 31.9 Å². The number of nitrogens with one attached hydrogen (secondary N) is 1. The first-order chi connectivity index (χ1) is 11.2. The summed E-state index contributed by atoms with van der Waals surface area (Å²) in [5.41, 5.74) is 6.17. The maximum absolute atomic E-state index is 4.58. The molecule has 3 aromatic rings. The molecule has 0 bridgehead atoms. The number of pyridine rings is 1. The summed E-state index contributed by atoms with van der Waals surface area (Å²) in [6.07, 6.45) is 5.56. The molecule has 23 heavy (non-hydrogen) atoms. The van der Waals surface area contributed by atoms with E-state index in [1.54, 1.807) is 0 Å². The van der Waals surface area contributed by atoms with Crippen LogP contribution in [0.2, 0.25) is 0 Å². The van der Waals surface area contributed by atoms with Gasteiger partial charge in [-0.2, -0.15) is 0 Å². The summed E-state index contributed by atoms with van der Waals surface area (Å²) in [5, 5.41) is 1.35. The van der Waals surface area contributed by atoms with Crippen molar-refractivity contribution in [3.05, 3.63) is 53.7 Å². The summed E-state index contributed by atoms with van der Waals surface area (Å²) >= 11 is 0. The van der Waals surface area contributed by atoms with E-state index in [2.05, 4.69) is 59.2 Å². The number of nitrogens with zero attached hydrogens (tertiary/aromatic N) is 2. The Balaban J connectivity index is 1.86. The van der Waals surface area contributed by atoms with E-state index < -0.39 is 0 Å². The van der Waals surface area contributed by atoms with Gasteiger partial charge in [0.2, 0.25) is 0 Å². The van der Waals surface area contributed by atoms with Gasteiger partial charge in [-0.15, -0.1) is 0 Å². The van der Waals surface area contributed by atoms with Crippen molar-refractivity contribution in [2.75, 3.05) is 13.6 Å². The lowest BCUT2D eigenvalue weighted by Crippen LogP contribution is -2.26. The molecule has 118 valence electrons. The lowest BCUT2D eigenvalue weighted by molar-refractivity contribution is 0.310. The van der Waals surface area contributed by atoms with Gasteiger partial charge in [-0.1, -0.05) is 17.7 Å². The second-order valence-electron chi connectivity index (χ2n) is 6.72. The number of hydrogen-bond acceptors (Lipinski definition) is 2. The highest BCUT2D eigenvalue weighted by atomic mass is 15.1. The molecule has 1 atom stereocenters. The fraction of sp³-hybridized carbons (Fsp3) is 0.350. The van der Waals surface area contributed by atoms with Crippen LogP contribution in [-0.4, -0.2) is 34.5 Å². The van der Waals surface area contributed by atoms with Gasteiger partial charge in [-0.25, -0.2) is 0 Å². The summed E-state index contributed by atoms with van der Waals surface area (Å²) < 4.78 is 0. The molecule has 0 spiro atoms. The zero-order valence-corrected chi connectivity index (χ0v) is 13.8. The van der Waals surface area contributed by atoms with Crippen LogP contribution in [0.4, 0.5) is 0 Å². The zero-order chi connectivity index (χ0) is 15.8. The number of benzene rings is 1. The van der Waals surface area contributed by atoms with E-state index in [4.69, 9.17) is 0 Å². The average molecular weight is 305 g/mol. The molecule has 3 nitrogen and oxygen atoms in total. The third-order valence-electron chi connectivity index (χ3n) is 5.09. The number of fused-ring (bicyclic) bond motifs is 1. The monoisotopic (exact) mass is 305 g/mol. The number of aromatic amines is 1. The number of likely N-dealkylation sites (tertiary alicyclic amines) is 1. The van der Waals surface area contributed by atoms with E-state index in [1.165, 1.54) is 47.1 Å². The number of aryl methyl sites for hydroxylation is 1. The van der Waals surface area contributed by atoms with Crippen molar-refractivity contribution in [3.63, 3.8) is 0 Å². The summed E-state index contributed by atoms with van der Waals surface area (Å²) in [6.45, 7) is 3.38. The quantitative estimate of drug-likeness (QED) is 0.787. The van der Waals surface area contributed by atoms with E-state index in [0.717, 1.165) is 12.1 Å². The molecule has 1 saturated heterocycles. The van der Waals surface area contributed by atoms with E-state index in [9.17, 15) is 0 Å². The number of rotatable bonds is 3. The van der Waals surface area contributed by atoms with Gasteiger partial charge in [0.1, 0.15) is 0 Å². The van der Waals surface area contributed by atoms with Crippen LogP contribution in [0, 0.1) is 6.92 Å². The van der Waals surface area contributed by atoms with Crippen molar-refractivity contribution in [1.82, 2.24) is 14.9 Å². The largest absolute Gasteiger partial charge is 0.353 e. The predicted molar refractivity (Wildman–Crippen MR) is 95.6 cm³/mol. The molecule has 0 radical (unpaired) electrons. The highest BCUT2D eigenvalue weighted by Gasteiger charge is 2.24. The van der Waals surface area contributed by atoms with Crippen LogP contribution in [0.5, 0.6) is 0 Å². The molecule has 0 aliphatic carbocycles. The summed E-state index contributed by atoms with van der Waals surface area (Å²) in [5.74, 6) is 0. The van der Waals surface area contributed by atoms with Gasteiger partial charge in [0.15, 0.2) is 0 Å². The Morgan fingerprint density at radius 3 is 2.91 bits per heavy atom. The normalized spacial score (nSPS) is 18.8. The second kappa shape index (κ2) is 5.82. The summed E-state index contributed by atoms with van der Waals surface area (Å²) in [4.78, 5) is 10.7. The Bertz CT molecular complexity index is 820.